The number of carbonyl (C=O) groups excluding carboxylic acids is 10. The smallest absolute Gasteiger partial charge is 0.342 e. The molecule has 3 aliphatic rings. The van der Waals surface area contributed by atoms with E-state index >= 15 is 0 Å². The summed E-state index contributed by atoms with van der Waals surface area (Å²) >= 11 is 0. The molecule has 22 heteroatoms. The van der Waals surface area contributed by atoms with Crippen LogP contribution in [0.25, 0.3) is 0 Å². The van der Waals surface area contributed by atoms with E-state index in [1.54, 1.807) is 0 Å². The normalized spacial score (nSPS) is 19.2. The molecule has 0 aliphatic heterocycles. The van der Waals surface area contributed by atoms with Gasteiger partial charge < -0.3 is 56.8 Å². The Kier molecular flexibility index (Phi) is 27.3. The Labute approximate surface area is 475 Å². The molecule has 0 unspecified atom stereocenters. The zero-order chi connectivity index (χ0) is 59.2. The molecule has 2 aromatic carbocycles. The van der Waals surface area contributed by atoms with Crippen LogP contribution in [0.5, 0.6) is 23.0 Å². The number of ether oxygens (including phenoxy) is 12. The van der Waals surface area contributed by atoms with Crippen LogP contribution in [0.1, 0.15) is 123 Å². The van der Waals surface area contributed by atoms with E-state index in [0.717, 1.165) is 12.2 Å². The van der Waals surface area contributed by atoms with Crippen molar-refractivity contribution in [1.82, 2.24) is 0 Å². The second-order valence-electron chi connectivity index (χ2n) is 19.5. The molecule has 0 heterocycles. The van der Waals surface area contributed by atoms with Gasteiger partial charge in [0.25, 0.3) is 0 Å². The molecular weight excluding hydrogens is 1070 g/mol. The highest BCUT2D eigenvalue weighted by atomic mass is 16.6. The van der Waals surface area contributed by atoms with Crippen molar-refractivity contribution in [2.45, 2.75) is 103 Å². The summed E-state index contributed by atoms with van der Waals surface area (Å²) in [5, 5.41) is 0. The molecule has 0 atom stereocenters. The molecule has 82 heavy (non-hydrogen) atoms. The minimum absolute atomic E-state index is 0.00648. The molecule has 5 rings (SSSR count). The van der Waals surface area contributed by atoms with Crippen LogP contribution in [0, 0.1) is 35.5 Å². The first-order valence-corrected chi connectivity index (χ1v) is 27.5. The molecule has 0 saturated heterocycles. The van der Waals surface area contributed by atoms with Gasteiger partial charge in [-0.25, -0.2) is 19.2 Å². The van der Waals surface area contributed by atoms with Gasteiger partial charge in [0.05, 0.1) is 74.5 Å². The summed E-state index contributed by atoms with van der Waals surface area (Å²) in [6.45, 7) is 13.9. The zero-order valence-electron chi connectivity index (χ0n) is 46.0. The Bertz CT molecular complexity index is 2400. The largest absolute Gasteiger partial charge is 0.498 e. The van der Waals surface area contributed by atoms with Crippen LogP contribution in [-0.4, -0.2) is 113 Å². The van der Waals surface area contributed by atoms with Crippen LogP contribution in [0.4, 0.5) is 0 Å². The van der Waals surface area contributed by atoms with Crippen LogP contribution in [0.2, 0.25) is 0 Å². The molecule has 3 aliphatic carbocycles. The van der Waals surface area contributed by atoms with Crippen LogP contribution in [0.15, 0.2) is 87.4 Å². The van der Waals surface area contributed by atoms with E-state index in [1.165, 1.54) is 48.9 Å². The summed E-state index contributed by atoms with van der Waals surface area (Å²) in [5.41, 5.74) is -0.389. The third kappa shape index (κ3) is 21.3. The van der Waals surface area contributed by atoms with E-state index in [2.05, 4.69) is 26.3 Å². The number of benzene rings is 2. The monoisotopic (exact) mass is 1140 g/mol. The fourth-order valence-electron chi connectivity index (χ4n) is 9.26. The summed E-state index contributed by atoms with van der Waals surface area (Å²) < 4.78 is 64.3. The average Bonchev–Trinajstić information content (AvgIpc) is 3.58. The summed E-state index contributed by atoms with van der Waals surface area (Å²) in [5.74, 6) is -9.68. The molecule has 0 bridgehead atoms. The van der Waals surface area contributed by atoms with E-state index < -0.39 is 83.3 Å². The van der Waals surface area contributed by atoms with E-state index in [0.29, 0.717) is 77.0 Å². The minimum Gasteiger partial charge on any atom is -0.498 e. The fourth-order valence-corrected chi connectivity index (χ4v) is 9.26. The van der Waals surface area contributed by atoms with Gasteiger partial charge in [-0.1, -0.05) is 26.3 Å². The van der Waals surface area contributed by atoms with Gasteiger partial charge in [0.15, 0.2) is 0 Å². The van der Waals surface area contributed by atoms with Crippen LogP contribution < -0.4 is 18.9 Å². The van der Waals surface area contributed by atoms with E-state index in [-0.39, 0.29) is 125 Å². The molecule has 444 valence electrons. The zero-order valence-corrected chi connectivity index (χ0v) is 46.0. The number of carbonyl (C=O) groups is 10. The first kappa shape index (κ1) is 64.5. The number of hydrogen-bond acceptors (Lipinski definition) is 22. The van der Waals surface area contributed by atoms with Crippen molar-refractivity contribution in [3.05, 3.63) is 98.5 Å². The van der Waals surface area contributed by atoms with Gasteiger partial charge in [-0.3, -0.25) is 28.8 Å². The van der Waals surface area contributed by atoms with Gasteiger partial charge in [0.1, 0.15) is 60.6 Å². The number of unbranched alkanes of at least 4 members (excludes halogenated alkanes) is 2. The summed E-state index contributed by atoms with van der Waals surface area (Å²) in [7, 11) is 0. The van der Waals surface area contributed by atoms with Gasteiger partial charge in [-0.15, -0.1) is 0 Å². The Balaban J connectivity index is 1.12. The number of rotatable bonds is 32. The highest BCUT2D eigenvalue weighted by molar-refractivity contribution is 5.95. The quantitative estimate of drug-likeness (QED) is 0.0167. The predicted octanol–water partition coefficient (Wildman–Crippen LogP) is 8.17. The first-order valence-electron chi connectivity index (χ1n) is 27.5. The van der Waals surface area contributed by atoms with Crippen molar-refractivity contribution in [2.24, 2.45) is 35.5 Å². The van der Waals surface area contributed by atoms with E-state index in [4.69, 9.17) is 56.8 Å². The Morgan fingerprint density at radius 1 is 0.354 bits per heavy atom. The van der Waals surface area contributed by atoms with Crippen LogP contribution >= 0.6 is 0 Å². The second kappa shape index (κ2) is 34.8. The molecular formula is C60H72O22. The van der Waals surface area contributed by atoms with Gasteiger partial charge in [0, 0.05) is 12.2 Å². The van der Waals surface area contributed by atoms with Crippen molar-refractivity contribution in [3.8, 4) is 23.0 Å². The standard InChI is InChI=1S/C60H72O22/c1-5-51(61)73-29-9-11-31-75-53(63)39-13-17-43(18-14-39)57(67)81-49-27-25-45(37-47(49)59(69)77-35-33-71-7-3)79-55(65)41-21-23-42(24-22-41)56(66)80-46-26-28-50(48(38-46)60(70)78-36-34-72-8-4)82-58(68)44-19-15-40(16-20-44)54(64)76-32-12-10-30-74-52(62)6-2/h5-8,25-28,37-44H,1-4,9-24,29-36H2. The van der Waals surface area contributed by atoms with Gasteiger partial charge >= 0.3 is 59.7 Å². The maximum atomic E-state index is 13.5. The maximum absolute atomic E-state index is 13.5. The van der Waals surface area contributed by atoms with Gasteiger partial charge in [-0.2, -0.15) is 0 Å². The van der Waals surface area contributed by atoms with Crippen molar-refractivity contribution in [2.75, 3.05) is 52.9 Å². The number of hydrogen-bond donors (Lipinski definition) is 0. The molecule has 3 saturated carbocycles. The Morgan fingerprint density at radius 2 is 0.646 bits per heavy atom. The maximum Gasteiger partial charge on any atom is 0.342 e. The average molecular weight is 1150 g/mol. The summed E-state index contributed by atoms with van der Waals surface area (Å²) in [6.07, 6.45) is 10.3. The predicted molar refractivity (Wildman–Crippen MR) is 287 cm³/mol. The molecule has 0 amide bonds. The lowest BCUT2D eigenvalue weighted by Gasteiger charge is -2.26. The molecule has 0 spiro atoms. The van der Waals surface area contributed by atoms with Crippen LogP contribution in [0.3, 0.4) is 0 Å². The first-order chi connectivity index (χ1) is 39.6. The summed E-state index contributed by atoms with van der Waals surface area (Å²) in [6, 6.07) is 7.84. The van der Waals surface area contributed by atoms with Gasteiger partial charge in [0.2, 0.25) is 0 Å². The van der Waals surface area contributed by atoms with E-state index in [1.807, 2.05) is 0 Å². The minimum atomic E-state index is -0.886. The Hall–Kier alpha value is -8.30. The lowest BCUT2D eigenvalue weighted by molar-refractivity contribution is -0.152. The lowest BCUT2D eigenvalue weighted by atomic mass is 9.82. The topological polar surface area (TPSA) is 281 Å². The number of esters is 10. The molecule has 0 N–H and O–H groups in total. The second-order valence-corrected chi connectivity index (χ2v) is 19.5. The molecule has 22 nitrogen and oxygen atoms in total. The third-order valence-electron chi connectivity index (χ3n) is 13.9. The molecule has 3 fully saturated rings. The molecule has 0 aromatic heterocycles. The SMILES string of the molecule is C=COCCOC(=O)c1cc(OC(=O)C2CCC(C(=O)Oc3ccc(OC(=O)C4CCC(C(=O)OCCCCOC(=O)C=C)CC4)c(C(=O)OCCOC=C)c3)CC2)ccc1OC(=O)C1CCC(C(=O)OCCCCOC(=O)C=C)CC1. The van der Waals surface area contributed by atoms with Crippen molar-refractivity contribution < 1.29 is 105 Å². The lowest BCUT2D eigenvalue weighted by Crippen LogP contribution is -2.30. The van der Waals surface area contributed by atoms with Crippen molar-refractivity contribution >= 4 is 59.7 Å². The molecule has 2 aromatic rings. The highest BCUT2D eigenvalue weighted by Gasteiger charge is 2.36. The highest BCUT2D eigenvalue weighted by Crippen LogP contribution is 2.37. The van der Waals surface area contributed by atoms with Crippen molar-refractivity contribution in [1.29, 1.82) is 0 Å². The molecule has 0 radical (unpaired) electrons. The van der Waals surface area contributed by atoms with E-state index in [9.17, 15) is 47.9 Å². The van der Waals surface area contributed by atoms with Crippen LogP contribution in [-0.2, 0) is 76.3 Å². The Morgan fingerprint density at radius 3 is 0.951 bits per heavy atom. The summed E-state index contributed by atoms with van der Waals surface area (Å²) in [4.78, 5) is 128. The fraction of sp³-hybridized carbons (Fsp3) is 0.500. The van der Waals surface area contributed by atoms with Gasteiger partial charge in [-0.05, 0) is 139 Å². The third-order valence-corrected chi connectivity index (χ3v) is 13.9. The van der Waals surface area contributed by atoms with Crippen molar-refractivity contribution in [3.63, 3.8) is 0 Å².